The number of nitrogens with one attached hydrogen (secondary N) is 1. The van der Waals surface area contributed by atoms with Crippen LogP contribution in [-0.2, 0) is 11.2 Å². The van der Waals surface area contributed by atoms with Gasteiger partial charge < -0.3 is 10.1 Å². The van der Waals surface area contributed by atoms with E-state index in [0.717, 1.165) is 51.1 Å². The smallest absolute Gasteiger partial charge is 0.123 e. The van der Waals surface area contributed by atoms with Crippen molar-refractivity contribution in [2.75, 3.05) is 32.7 Å². The first-order chi connectivity index (χ1) is 12.8. The summed E-state index contributed by atoms with van der Waals surface area (Å²) >= 11 is 0. The normalized spacial score (nSPS) is 28.1. The maximum absolute atomic E-state index is 14.0. The molecule has 4 heteroatoms. The molecule has 0 saturated carbocycles. The Morgan fingerprint density at radius 2 is 1.85 bits per heavy atom. The lowest BCUT2D eigenvalue weighted by atomic mass is 9.87. The molecule has 0 amide bonds. The monoisotopic (exact) mass is 352 g/mol. The first-order valence-corrected chi connectivity index (χ1v) is 9.72. The summed E-state index contributed by atoms with van der Waals surface area (Å²) in [6.45, 7) is 5.24. The SMILES string of the molecule is Fc1ccc2c(c1)[C@H]1O[C@@H](CN3CCNCC3)C[C@@H]1c1ccccc1C2. The van der Waals surface area contributed by atoms with E-state index in [0.29, 0.717) is 5.92 Å². The Bertz CT molecular complexity index is 802. The molecule has 0 bridgehead atoms. The molecule has 1 aliphatic carbocycles. The van der Waals surface area contributed by atoms with Crippen molar-refractivity contribution in [1.29, 1.82) is 0 Å². The maximum atomic E-state index is 14.0. The summed E-state index contributed by atoms with van der Waals surface area (Å²) in [6, 6.07) is 13.9. The molecule has 0 radical (unpaired) electrons. The fourth-order valence-electron chi connectivity index (χ4n) is 4.90. The second-order valence-electron chi connectivity index (χ2n) is 7.79. The average molecular weight is 352 g/mol. The third kappa shape index (κ3) is 2.96. The summed E-state index contributed by atoms with van der Waals surface area (Å²) in [7, 11) is 0. The zero-order valence-electron chi connectivity index (χ0n) is 15.0. The predicted molar refractivity (Wildman–Crippen MR) is 99.9 cm³/mol. The van der Waals surface area contributed by atoms with Gasteiger partial charge in [0.25, 0.3) is 0 Å². The molecule has 2 heterocycles. The zero-order valence-corrected chi connectivity index (χ0v) is 15.0. The van der Waals surface area contributed by atoms with Gasteiger partial charge in [0.15, 0.2) is 0 Å². The summed E-state index contributed by atoms with van der Waals surface area (Å²) in [5, 5.41) is 3.41. The van der Waals surface area contributed by atoms with Gasteiger partial charge in [0.05, 0.1) is 12.2 Å². The Morgan fingerprint density at radius 1 is 1.04 bits per heavy atom. The van der Waals surface area contributed by atoms with E-state index in [2.05, 4.69) is 34.5 Å². The van der Waals surface area contributed by atoms with Crippen LogP contribution < -0.4 is 5.32 Å². The number of hydrogen-bond donors (Lipinski definition) is 1. The summed E-state index contributed by atoms with van der Waals surface area (Å²) in [5.74, 6) is 0.157. The number of ether oxygens (including phenoxy) is 1. The highest BCUT2D eigenvalue weighted by molar-refractivity contribution is 5.45. The van der Waals surface area contributed by atoms with Crippen molar-refractivity contribution >= 4 is 0 Å². The number of benzene rings is 2. The molecule has 2 saturated heterocycles. The molecule has 1 N–H and O–H groups in total. The van der Waals surface area contributed by atoms with Gasteiger partial charge in [-0.2, -0.15) is 0 Å². The Balaban J connectivity index is 1.48. The lowest BCUT2D eigenvalue weighted by molar-refractivity contribution is 0.0171. The lowest BCUT2D eigenvalue weighted by Crippen LogP contribution is -2.46. The number of halogens is 1. The average Bonchev–Trinajstić information content (AvgIpc) is 3.03. The van der Waals surface area contributed by atoms with Gasteiger partial charge in [0, 0.05) is 38.6 Å². The number of hydrogen-bond acceptors (Lipinski definition) is 3. The topological polar surface area (TPSA) is 24.5 Å². The number of rotatable bonds is 2. The molecule has 5 rings (SSSR count). The van der Waals surface area contributed by atoms with E-state index in [9.17, 15) is 4.39 Å². The summed E-state index contributed by atoms with van der Waals surface area (Å²) < 4.78 is 20.6. The van der Waals surface area contributed by atoms with Crippen molar-refractivity contribution in [3.8, 4) is 0 Å². The molecule has 2 fully saturated rings. The standard InChI is InChI=1S/C22H25FN2O/c23-17-6-5-16-11-15-3-1-2-4-19(15)21-13-18(26-22(21)20(16)12-17)14-25-9-7-24-8-10-25/h1-6,12,18,21-22,24H,7-11,13-14H2/t18-,21-,22-/m1/s1. The molecule has 3 aliphatic rings. The first kappa shape index (κ1) is 16.4. The van der Waals surface area contributed by atoms with Gasteiger partial charge >= 0.3 is 0 Å². The number of nitrogens with zero attached hydrogens (tertiary/aromatic N) is 1. The van der Waals surface area contributed by atoms with Crippen molar-refractivity contribution in [2.45, 2.75) is 31.0 Å². The molecular weight excluding hydrogens is 327 g/mol. The van der Waals surface area contributed by atoms with Gasteiger partial charge in [-0.05, 0) is 47.2 Å². The highest BCUT2D eigenvalue weighted by atomic mass is 19.1. The highest BCUT2D eigenvalue weighted by Gasteiger charge is 2.41. The minimum absolute atomic E-state index is 0.0303. The van der Waals surface area contributed by atoms with Crippen molar-refractivity contribution in [2.24, 2.45) is 0 Å². The molecule has 136 valence electrons. The molecule has 2 aromatic rings. The zero-order chi connectivity index (χ0) is 17.5. The molecule has 26 heavy (non-hydrogen) atoms. The first-order valence-electron chi connectivity index (χ1n) is 9.72. The van der Waals surface area contributed by atoms with Gasteiger partial charge in [0.2, 0.25) is 0 Å². The Morgan fingerprint density at radius 3 is 2.73 bits per heavy atom. The molecule has 2 aliphatic heterocycles. The van der Waals surface area contributed by atoms with Crippen molar-refractivity contribution in [1.82, 2.24) is 10.2 Å². The Kier molecular flexibility index (Phi) is 4.27. The molecule has 0 spiro atoms. The van der Waals surface area contributed by atoms with Crippen LogP contribution in [-0.4, -0.2) is 43.7 Å². The third-order valence-corrected chi connectivity index (χ3v) is 6.14. The van der Waals surface area contributed by atoms with Gasteiger partial charge in [-0.3, -0.25) is 4.90 Å². The predicted octanol–water partition coefficient (Wildman–Crippen LogP) is 3.25. The molecule has 0 aromatic heterocycles. The molecule has 0 unspecified atom stereocenters. The van der Waals surface area contributed by atoms with Crippen LogP contribution in [0.15, 0.2) is 42.5 Å². The van der Waals surface area contributed by atoms with Crippen LogP contribution in [0.3, 0.4) is 0 Å². The summed E-state index contributed by atoms with van der Waals surface area (Å²) in [5.41, 5.74) is 5.00. The van der Waals surface area contributed by atoms with Crippen LogP contribution in [0.5, 0.6) is 0 Å². The number of piperazine rings is 1. The molecule has 2 aromatic carbocycles. The van der Waals surface area contributed by atoms with Gasteiger partial charge in [0.1, 0.15) is 5.82 Å². The van der Waals surface area contributed by atoms with E-state index in [-0.39, 0.29) is 18.0 Å². The third-order valence-electron chi connectivity index (χ3n) is 6.14. The van der Waals surface area contributed by atoms with E-state index in [4.69, 9.17) is 4.74 Å². The van der Waals surface area contributed by atoms with Gasteiger partial charge in [-0.25, -0.2) is 4.39 Å². The lowest BCUT2D eigenvalue weighted by Gasteiger charge is -2.29. The number of fused-ring (bicyclic) bond motifs is 5. The maximum Gasteiger partial charge on any atom is 0.123 e. The van der Waals surface area contributed by atoms with E-state index in [1.54, 1.807) is 12.1 Å². The molecular formula is C22H25FN2O. The summed E-state index contributed by atoms with van der Waals surface area (Å²) in [4.78, 5) is 2.49. The minimum Gasteiger partial charge on any atom is -0.368 e. The summed E-state index contributed by atoms with van der Waals surface area (Å²) in [6.07, 6.45) is 2.06. The van der Waals surface area contributed by atoms with Crippen LogP contribution in [0.4, 0.5) is 4.39 Å². The Labute approximate surface area is 154 Å². The van der Waals surface area contributed by atoms with Crippen LogP contribution >= 0.6 is 0 Å². The highest BCUT2D eigenvalue weighted by Crippen LogP contribution is 2.49. The van der Waals surface area contributed by atoms with Crippen molar-refractivity contribution in [3.63, 3.8) is 0 Å². The second kappa shape index (κ2) is 6.76. The van der Waals surface area contributed by atoms with Crippen molar-refractivity contribution in [3.05, 3.63) is 70.5 Å². The van der Waals surface area contributed by atoms with Crippen molar-refractivity contribution < 1.29 is 9.13 Å². The van der Waals surface area contributed by atoms with Crippen LogP contribution in [0.2, 0.25) is 0 Å². The second-order valence-corrected chi connectivity index (χ2v) is 7.79. The van der Waals surface area contributed by atoms with Gasteiger partial charge in [-0.1, -0.05) is 30.3 Å². The fourth-order valence-corrected chi connectivity index (χ4v) is 4.90. The van der Waals surface area contributed by atoms with E-state index >= 15 is 0 Å². The van der Waals surface area contributed by atoms with E-state index in [1.807, 2.05) is 6.07 Å². The fraction of sp³-hybridized carbons (Fsp3) is 0.455. The van der Waals surface area contributed by atoms with Crippen LogP contribution in [0, 0.1) is 5.82 Å². The largest absolute Gasteiger partial charge is 0.368 e. The van der Waals surface area contributed by atoms with Gasteiger partial charge in [-0.15, -0.1) is 0 Å². The van der Waals surface area contributed by atoms with E-state index in [1.165, 1.54) is 16.7 Å². The van der Waals surface area contributed by atoms with E-state index < -0.39 is 0 Å². The van der Waals surface area contributed by atoms with Crippen LogP contribution in [0.25, 0.3) is 0 Å². The quantitative estimate of drug-likeness (QED) is 0.898. The molecule has 3 atom stereocenters. The minimum atomic E-state index is -0.164. The molecule has 3 nitrogen and oxygen atoms in total. The van der Waals surface area contributed by atoms with Crippen LogP contribution in [0.1, 0.15) is 40.7 Å². The Hall–Kier alpha value is -1.75.